The van der Waals surface area contributed by atoms with Gasteiger partial charge in [0.1, 0.15) is 10.8 Å². The van der Waals surface area contributed by atoms with E-state index in [0.29, 0.717) is 5.75 Å². The second-order valence-corrected chi connectivity index (χ2v) is 5.38. The van der Waals surface area contributed by atoms with Crippen LogP contribution in [0.25, 0.3) is 0 Å². The molecule has 0 aliphatic rings. The monoisotopic (exact) mass is 248 g/mol. The molecule has 0 fully saturated rings. The number of aromatic nitrogens is 1. The van der Waals surface area contributed by atoms with Crippen molar-refractivity contribution >= 4 is 11.3 Å². The lowest BCUT2D eigenvalue weighted by Crippen LogP contribution is -2.17. The molecule has 0 bridgehead atoms. The van der Waals surface area contributed by atoms with Crippen LogP contribution < -0.4 is 5.32 Å². The molecule has 3 nitrogen and oxygen atoms in total. The summed E-state index contributed by atoms with van der Waals surface area (Å²) in [5, 5.41) is 13.7. The molecule has 0 saturated carbocycles. The summed E-state index contributed by atoms with van der Waals surface area (Å²) in [6.45, 7) is 4.94. The van der Waals surface area contributed by atoms with Gasteiger partial charge in [0.05, 0.1) is 0 Å². The van der Waals surface area contributed by atoms with Crippen LogP contribution >= 0.6 is 11.3 Å². The Morgan fingerprint density at radius 1 is 1.35 bits per heavy atom. The second kappa shape index (κ2) is 5.29. The molecule has 17 heavy (non-hydrogen) atoms. The lowest BCUT2D eigenvalue weighted by molar-refractivity contribution is 0.474. The molecule has 1 aromatic heterocycles. The Morgan fingerprint density at radius 3 is 2.65 bits per heavy atom. The molecule has 0 saturated heterocycles. The first-order valence-electron chi connectivity index (χ1n) is 5.59. The summed E-state index contributed by atoms with van der Waals surface area (Å²) in [4.78, 5) is 5.55. The molecule has 4 heteroatoms. The average Bonchev–Trinajstić information content (AvgIpc) is 2.73. The maximum atomic E-state index is 9.22. The Kier molecular flexibility index (Phi) is 3.76. The van der Waals surface area contributed by atoms with E-state index in [2.05, 4.69) is 24.1 Å². The van der Waals surface area contributed by atoms with Gasteiger partial charge in [-0.1, -0.05) is 12.1 Å². The van der Waals surface area contributed by atoms with E-state index in [9.17, 15) is 5.11 Å². The highest BCUT2D eigenvalue weighted by Crippen LogP contribution is 2.17. The van der Waals surface area contributed by atoms with E-state index in [1.54, 1.807) is 23.5 Å². The van der Waals surface area contributed by atoms with Crippen LogP contribution in [0, 0.1) is 6.92 Å². The predicted molar refractivity (Wildman–Crippen MR) is 70.2 cm³/mol. The van der Waals surface area contributed by atoms with Gasteiger partial charge in [-0.2, -0.15) is 0 Å². The van der Waals surface area contributed by atoms with Gasteiger partial charge in [0, 0.05) is 23.7 Å². The minimum absolute atomic E-state index is 0.250. The number of nitrogens with one attached hydrogen (secondary N) is 1. The summed E-state index contributed by atoms with van der Waals surface area (Å²) < 4.78 is 0. The van der Waals surface area contributed by atoms with E-state index in [0.717, 1.165) is 17.1 Å². The Balaban J connectivity index is 1.93. The largest absolute Gasteiger partial charge is 0.508 e. The van der Waals surface area contributed by atoms with E-state index in [4.69, 9.17) is 0 Å². The predicted octanol–water partition coefficient (Wildman–Crippen LogP) is 3.01. The molecule has 2 N–H and O–H groups in total. The van der Waals surface area contributed by atoms with Crippen LogP contribution in [0.1, 0.15) is 28.4 Å². The zero-order chi connectivity index (χ0) is 12.3. The van der Waals surface area contributed by atoms with Crippen LogP contribution in [-0.4, -0.2) is 10.1 Å². The highest BCUT2D eigenvalue weighted by molar-refractivity contribution is 7.11. The van der Waals surface area contributed by atoms with Crippen molar-refractivity contribution in [3.8, 4) is 5.75 Å². The SMILES string of the molecule is Cc1cnc(CNC(C)c2ccc(O)cc2)s1. The van der Waals surface area contributed by atoms with Crippen LogP contribution in [0.15, 0.2) is 30.5 Å². The molecule has 90 valence electrons. The van der Waals surface area contributed by atoms with E-state index in [1.165, 1.54) is 4.88 Å². The number of nitrogens with zero attached hydrogens (tertiary/aromatic N) is 1. The maximum Gasteiger partial charge on any atom is 0.115 e. The van der Waals surface area contributed by atoms with E-state index < -0.39 is 0 Å². The molecule has 0 aliphatic carbocycles. The Hall–Kier alpha value is -1.39. The molecular formula is C13H16N2OS. The summed E-state index contributed by atoms with van der Waals surface area (Å²) in [6, 6.07) is 7.53. The minimum atomic E-state index is 0.250. The highest BCUT2D eigenvalue weighted by atomic mass is 32.1. The smallest absolute Gasteiger partial charge is 0.115 e. The summed E-state index contributed by atoms with van der Waals surface area (Å²) in [5.41, 5.74) is 1.16. The van der Waals surface area contributed by atoms with Crippen LogP contribution in [0.2, 0.25) is 0 Å². The molecule has 1 heterocycles. The molecule has 0 aliphatic heterocycles. The lowest BCUT2D eigenvalue weighted by atomic mass is 10.1. The number of phenols is 1. The quantitative estimate of drug-likeness (QED) is 0.874. The fourth-order valence-corrected chi connectivity index (χ4v) is 2.34. The third-order valence-electron chi connectivity index (χ3n) is 2.62. The number of benzene rings is 1. The van der Waals surface area contributed by atoms with Crippen molar-refractivity contribution in [1.29, 1.82) is 0 Å². The van der Waals surface area contributed by atoms with Gasteiger partial charge in [-0.05, 0) is 31.5 Å². The first-order chi connectivity index (χ1) is 8.15. The molecule has 1 unspecified atom stereocenters. The Morgan fingerprint density at radius 2 is 2.06 bits per heavy atom. The van der Waals surface area contributed by atoms with Gasteiger partial charge in [0.25, 0.3) is 0 Å². The van der Waals surface area contributed by atoms with Crippen LogP contribution in [-0.2, 0) is 6.54 Å². The normalized spacial score (nSPS) is 12.6. The molecule has 0 radical (unpaired) electrons. The number of rotatable bonds is 4. The fraction of sp³-hybridized carbons (Fsp3) is 0.308. The third-order valence-corrected chi connectivity index (χ3v) is 3.53. The van der Waals surface area contributed by atoms with Crippen molar-refractivity contribution in [3.63, 3.8) is 0 Å². The zero-order valence-electron chi connectivity index (χ0n) is 9.97. The van der Waals surface area contributed by atoms with Crippen molar-refractivity contribution in [2.45, 2.75) is 26.4 Å². The number of phenolic OH excluding ortho intramolecular Hbond substituents is 1. The average molecular weight is 248 g/mol. The van der Waals surface area contributed by atoms with Gasteiger partial charge < -0.3 is 10.4 Å². The van der Waals surface area contributed by atoms with Crippen LogP contribution in [0.4, 0.5) is 0 Å². The van der Waals surface area contributed by atoms with E-state index in [1.807, 2.05) is 18.3 Å². The van der Waals surface area contributed by atoms with Gasteiger partial charge in [0.2, 0.25) is 0 Å². The van der Waals surface area contributed by atoms with Crippen molar-refractivity contribution in [3.05, 3.63) is 45.9 Å². The highest BCUT2D eigenvalue weighted by Gasteiger charge is 2.06. The molecule has 0 spiro atoms. The number of aromatic hydroxyl groups is 1. The Bertz CT molecular complexity index is 478. The van der Waals surface area contributed by atoms with Crippen LogP contribution in [0.3, 0.4) is 0 Å². The maximum absolute atomic E-state index is 9.22. The molecule has 0 amide bonds. The summed E-state index contributed by atoms with van der Waals surface area (Å²) >= 11 is 1.71. The molecule has 1 atom stereocenters. The molecule has 2 aromatic rings. The lowest BCUT2D eigenvalue weighted by Gasteiger charge is -2.13. The summed E-state index contributed by atoms with van der Waals surface area (Å²) in [5.74, 6) is 0.302. The summed E-state index contributed by atoms with van der Waals surface area (Å²) in [7, 11) is 0. The fourth-order valence-electron chi connectivity index (χ4n) is 1.60. The Labute approximate surface area is 105 Å². The number of thiazole rings is 1. The van der Waals surface area contributed by atoms with Gasteiger partial charge >= 0.3 is 0 Å². The van der Waals surface area contributed by atoms with Crippen LogP contribution in [0.5, 0.6) is 5.75 Å². The van der Waals surface area contributed by atoms with Gasteiger partial charge in [-0.3, -0.25) is 0 Å². The van der Waals surface area contributed by atoms with E-state index >= 15 is 0 Å². The minimum Gasteiger partial charge on any atom is -0.508 e. The van der Waals surface area contributed by atoms with Crippen molar-refractivity contribution in [2.75, 3.05) is 0 Å². The molecule has 2 rings (SSSR count). The summed E-state index contributed by atoms with van der Waals surface area (Å²) in [6.07, 6.45) is 1.90. The topological polar surface area (TPSA) is 45.2 Å². The third kappa shape index (κ3) is 3.28. The number of hydrogen-bond donors (Lipinski definition) is 2. The number of hydrogen-bond acceptors (Lipinski definition) is 4. The second-order valence-electron chi connectivity index (χ2n) is 4.06. The van der Waals surface area contributed by atoms with Gasteiger partial charge in [-0.15, -0.1) is 11.3 Å². The standard InChI is InChI=1S/C13H16N2OS/c1-9-7-15-13(17-9)8-14-10(2)11-3-5-12(16)6-4-11/h3-7,10,14,16H,8H2,1-2H3. The van der Waals surface area contributed by atoms with Gasteiger partial charge in [-0.25, -0.2) is 4.98 Å². The zero-order valence-corrected chi connectivity index (χ0v) is 10.8. The van der Waals surface area contributed by atoms with Crippen molar-refractivity contribution in [2.24, 2.45) is 0 Å². The first-order valence-corrected chi connectivity index (χ1v) is 6.40. The van der Waals surface area contributed by atoms with Crippen molar-refractivity contribution < 1.29 is 5.11 Å². The molecular weight excluding hydrogens is 232 g/mol. The molecule has 1 aromatic carbocycles. The first kappa shape index (κ1) is 12.1. The van der Waals surface area contributed by atoms with Crippen molar-refractivity contribution in [1.82, 2.24) is 10.3 Å². The van der Waals surface area contributed by atoms with E-state index in [-0.39, 0.29) is 6.04 Å². The number of aryl methyl sites for hydroxylation is 1. The van der Waals surface area contributed by atoms with Gasteiger partial charge in [0.15, 0.2) is 0 Å².